The minimum Gasteiger partial charge on any atom is -0.478 e. The summed E-state index contributed by atoms with van der Waals surface area (Å²) in [5.74, 6) is -0.270. The van der Waals surface area contributed by atoms with Crippen molar-refractivity contribution in [1.82, 2.24) is 0 Å². The zero-order valence-corrected chi connectivity index (χ0v) is 12.5. The summed E-state index contributed by atoms with van der Waals surface area (Å²) in [6.07, 6.45) is 4.75. The van der Waals surface area contributed by atoms with Crippen molar-refractivity contribution in [2.75, 3.05) is 6.61 Å². The van der Waals surface area contributed by atoms with Gasteiger partial charge in [-0.15, -0.1) is 0 Å². The molecular formula is C15H23NO5. The molecule has 6 nitrogen and oxygen atoms in total. The molecule has 0 aromatic heterocycles. The van der Waals surface area contributed by atoms with E-state index in [0.717, 1.165) is 24.5 Å². The minimum atomic E-state index is -1.09. The van der Waals surface area contributed by atoms with Gasteiger partial charge in [0, 0.05) is 18.7 Å². The van der Waals surface area contributed by atoms with Crippen molar-refractivity contribution in [2.24, 2.45) is 5.92 Å². The lowest BCUT2D eigenvalue weighted by Gasteiger charge is -2.01. The van der Waals surface area contributed by atoms with Crippen LogP contribution in [0.1, 0.15) is 49.9 Å². The van der Waals surface area contributed by atoms with E-state index in [4.69, 9.17) is 10.2 Å². The van der Waals surface area contributed by atoms with Gasteiger partial charge in [-0.25, -0.2) is 4.79 Å². The first-order valence-corrected chi connectivity index (χ1v) is 6.97. The number of hydrogen-bond acceptors (Lipinski definition) is 4. The number of hydrogen-bond donors (Lipinski definition) is 2. The van der Waals surface area contributed by atoms with Gasteiger partial charge in [-0.05, 0) is 24.5 Å². The van der Waals surface area contributed by atoms with Crippen LogP contribution in [0.2, 0.25) is 0 Å². The Morgan fingerprint density at radius 1 is 1.19 bits per heavy atom. The zero-order chi connectivity index (χ0) is 16.3. The quantitative estimate of drug-likeness (QED) is 0.456. The first kappa shape index (κ1) is 19.1. The molecule has 21 heavy (non-hydrogen) atoms. The van der Waals surface area contributed by atoms with Gasteiger partial charge < -0.3 is 10.2 Å². The van der Waals surface area contributed by atoms with Gasteiger partial charge in [-0.2, -0.15) is 0 Å². The standard InChI is InChI=1S/C8H18O.C7H5NO4/c1-8(2)6-4-3-5-7-9;9-7(10)5-1-3-6(4-2-5)8(11)12/h8-9H,3-7H2,1-2H3;1-4H,(H,9,10). The third kappa shape index (κ3) is 9.56. The summed E-state index contributed by atoms with van der Waals surface area (Å²) >= 11 is 0. The van der Waals surface area contributed by atoms with Gasteiger partial charge in [0.2, 0.25) is 0 Å². The highest BCUT2D eigenvalue weighted by atomic mass is 16.6. The molecule has 2 N–H and O–H groups in total. The Morgan fingerprint density at radius 2 is 1.76 bits per heavy atom. The minimum absolute atomic E-state index is 0.0422. The van der Waals surface area contributed by atoms with E-state index >= 15 is 0 Å². The van der Waals surface area contributed by atoms with Crippen LogP contribution in [0.4, 0.5) is 5.69 Å². The number of carboxylic acids is 1. The number of unbranched alkanes of at least 4 members (excludes halogenated alkanes) is 2. The number of nitro benzene ring substituents is 1. The van der Waals surface area contributed by atoms with E-state index in [0.29, 0.717) is 6.61 Å². The molecule has 6 heteroatoms. The molecule has 0 aliphatic heterocycles. The lowest BCUT2D eigenvalue weighted by atomic mass is 10.1. The van der Waals surface area contributed by atoms with Crippen LogP contribution >= 0.6 is 0 Å². The fraction of sp³-hybridized carbons (Fsp3) is 0.533. The smallest absolute Gasteiger partial charge is 0.335 e. The Hall–Kier alpha value is -1.95. The molecule has 0 bridgehead atoms. The maximum absolute atomic E-state index is 10.3. The molecule has 0 atom stereocenters. The molecule has 0 saturated heterocycles. The Balaban J connectivity index is 0.000000400. The highest BCUT2D eigenvalue weighted by Crippen LogP contribution is 2.11. The van der Waals surface area contributed by atoms with Gasteiger partial charge in [0.05, 0.1) is 10.5 Å². The highest BCUT2D eigenvalue weighted by molar-refractivity contribution is 5.87. The number of non-ortho nitro benzene ring substituents is 1. The molecule has 118 valence electrons. The summed E-state index contributed by atoms with van der Waals surface area (Å²) in [5, 5.41) is 27.0. The van der Waals surface area contributed by atoms with Crippen LogP contribution in [-0.2, 0) is 0 Å². The van der Waals surface area contributed by atoms with Gasteiger partial charge in [-0.1, -0.05) is 33.1 Å². The van der Waals surface area contributed by atoms with Crippen LogP contribution in [0.25, 0.3) is 0 Å². The number of carbonyl (C=O) groups is 1. The number of nitrogens with zero attached hydrogens (tertiary/aromatic N) is 1. The van der Waals surface area contributed by atoms with Crippen molar-refractivity contribution >= 4 is 11.7 Å². The third-order valence-electron chi connectivity index (χ3n) is 2.76. The van der Waals surface area contributed by atoms with Crippen molar-refractivity contribution in [3.8, 4) is 0 Å². The van der Waals surface area contributed by atoms with Gasteiger partial charge in [0.25, 0.3) is 5.69 Å². The highest BCUT2D eigenvalue weighted by Gasteiger charge is 2.06. The van der Waals surface area contributed by atoms with Gasteiger partial charge >= 0.3 is 5.97 Å². The average Bonchev–Trinajstić information content (AvgIpc) is 2.44. The van der Waals surface area contributed by atoms with Crippen LogP contribution < -0.4 is 0 Å². The molecule has 0 unspecified atom stereocenters. The Bertz CT molecular complexity index is 395. The first-order valence-electron chi connectivity index (χ1n) is 6.97. The average molecular weight is 297 g/mol. The number of benzene rings is 1. The molecule has 0 amide bonds. The SMILES string of the molecule is CC(C)CCCCCO.O=C(O)c1ccc([N+](=O)[O-])cc1. The van der Waals surface area contributed by atoms with E-state index in [-0.39, 0.29) is 11.3 Å². The Kier molecular flexibility index (Phi) is 9.79. The van der Waals surface area contributed by atoms with Crippen molar-refractivity contribution in [2.45, 2.75) is 39.5 Å². The van der Waals surface area contributed by atoms with E-state index < -0.39 is 10.9 Å². The predicted molar refractivity (Wildman–Crippen MR) is 80.4 cm³/mol. The fourth-order valence-corrected chi connectivity index (χ4v) is 1.57. The number of rotatable bonds is 7. The van der Waals surface area contributed by atoms with E-state index in [1.165, 1.54) is 31.4 Å². The molecule has 0 radical (unpaired) electrons. The summed E-state index contributed by atoms with van der Waals surface area (Å²) in [6.45, 7) is 4.83. The number of nitro groups is 1. The van der Waals surface area contributed by atoms with Gasteiger partial charge in [0.15, 0.2) is 0 Å². The first-order chi connectivity index (χ1) is 9.88. The van der Waals surface area contributed by atoms with Gasteiger partial charge in [0.1, 0.15) is 0 Å². The summed E-state index contributed by atoms with van der Waals surface area (Å²) < 4.78 is 0. The van der Waals surface area contributed by atoms with E-state index in [1.807, 2.05) is 0 Å². The van der Waals surface area contributed by atoms with Crippen molar-refractivity contribution in [3.63, 3.8) is 0 Å². The fourth-order valence-electron chi connectivity index (χ4n) is 1.57. The van der Waals surface area contributed by atoms with E-state index in [1.54, 1.807) is 0 Å². The summed E-state index contributed by atoms with van der Waals surface area (Å²) in [7, 11) is 0. The molecule has 0 aliphatic rings. The molecule has 1 aromatic carbocycles. The lowest BCUT2D eigenvalue weighted by Crippen LogP contribution is -1.96. The molecule has 0 saturated carbocycles. The molecule has 0 spiro atoms. The maximum atomic E-state index is 10.3. The number of aliphatic hydroxyl groups is 1. The number of carboxylic acid groups (broad SMARTS) is 1. The van der Waals surface area contributed by atoms with Crippen molar-refractivity contribution in [1.29, 1.82) is 0 Å². The molecule has 0 heterocycles. The van der Waals surface area contributed by atoms with Gasteiger partial charge in [-0.3, -0.25) is 10.1 Å². The molecule has 0 aliphatic carbocycles. The number of aromatic carboxylic acids is 1. The molecule has 1 rings (SSSR count). The van der Waals surface area contributed by atoms with Crippen LogP contribution in [0.5, 0.6) is 0 Å². The summed E-state index contributed by atoms with van der Waals surface area (Å²) in [6, 6.07) is 4.70. The third-order valence-corrected chi connectivity index (χ3v) is 2.76. The summed E-state index contributed by atoms with van der Waals surface area (Å²) in [5.41, 5.74) is -0.0689. The Morgan fingerprint density at radius 3 is 2.14 bits per heavy atom. The van der Waals surface area contributed by atoms with Crippen LogP contribution in [0.15, 0.2) is 24.3 Å². The zero-order valence-electron chi connectivity index (χ0n) is 12.5. The topological polar surface area (TPSA) is 101 Å². The van der Waals surface area contributed by atoms with E-state index in [9.17, 15) is 14.9 Å². The normalized spacial score (nSPS) is 9.90. The van der Waals surface area contributed by atoms with Crippen LogP contribution in [-0.4, -0.2) is 27.7 Å². The molecular weight excluding hydrogens is 274 g/mol. The lowest BCUT2D eigenvalue weighted by molar-refractivity contribution is -0.384. The monoisotopic (exact) mass is 297 g/mol. The molecule has 0 fully saturated rings. The maximum Gasteiger partial charge on any atom is 0.335 e. The second-order valence-corrected chi connectivity index (χ2v) is 5.08. The Labute approximate surface area is 124 Å². The van der Waals surface area contributed by atoms with Crippen molar-refractivity contribution in [3.05, 3.63) is 39.9 Å². The molecule has 1 aromatic rings. The van der Waals surface area contributed by atoms with E-state index in [2.05, 4.69) is 13.8 Å². The van der Waals surface area contributed by atoms with Crippen molar-refractivity contribution < 1.29 is 19.9 Å². The largest absolute Gasteiger partial charge is 0.478 e. The van der Waals surface area contributed by atoms with Crippen LogP contribution in [0.3, 0.4) is 0 Å². The predicted octanol–water partition coefficient (Wildman–Crippen LogP) is 3.49. The van der Waals surface area contributed by atoms with Crippen LogP contribution in [0, 0.1) is 16.0 Å². The second-order valence-electron chi connectivity index (χ2n) is 5.08. The second kappa shape index (κ2) is 10.8. The summed E-state index contributed by atoms with van der Waals surface area (Å²) in [4.78, 5) is 19.9. The number of aliphatic hydroxyl groups excluding tert-OH is 1.